The van der Waals surface area contributed by atoms with Crippen LogP contribution in [0.4, 0.5) is 0 Å². The first-order valence-electron chi connectivity index (χ1n) is 17.8. The van der Waals surface area contributed by atoms with E-state index in [1.165, 1.54) is 12.5 Å². The van der Waals surface area contributed by atoms with Crippen LogP contribution in [0.25, 0.3) is 0 Å². The van der Waals surface area contributed by atoms with Crippen LogP contribution in [-0.4, -0.2) is 122 Å². The van der Waals surface area contributed by atoms with Crippen LogP contribution in [0.5, 0.6) is 0 Å². The molecule has 0 saturated heterocycles. The Bertz CT molecular complexity index is 1390. The molecule has 0 aliphatic carbocycles. The van der Waals surface area contributed by atoms with E-state index in [9.17, 15) is 48.6 Å². The minimum Gasteiger partial charge on any atom is -0.481 e. The maximum Gasteiger partial charge on any atom is 0.326 e. The number of carbonyl (C=O) groups is 8. The summed E-state index contributed by atoms with van der Waals surface area (Å²) in [7, 11) is 0. The molecular formula is C33H56N10O11. The molecule has 6 atom stereocenters. The summed E-state index contributed by atoms with van der Waals surface area (Å²) in [6.45, 7) is 4.06. The van der Waals surface area contributed by atoms with E-state index in [0.717, 1.165) is 0 Å². The maximum atomic E-state index is 13.8. The van der Waals surface area contributed by atoms with Gasteiger partial charge in [0.25, 0.3) is 0 Å². The Morgan fingerprint density at radius 2 is 1.13 bits per heavy atom. The summed E-state index contributed by atoms with van der Waals surface area (Å²) >= 11 is 0. The number of amides is 5. The number of nitrogens with one attached hydrogen (secondary N) is 6. The highest BCUT2D eigenvalue weighted by molar-refractivity contribution is 5.96. The second-order valence-corrected chi connectivity index (χ2v) is 13.1. The molecule has 0 aromatic carbocycles. The van der Waals surface area contributed by atoms with Gasteiger partial charge in [0.15, 0.2) is 0 Å². The van der Waals surface area contributed by atoms with Crippen LogP contribution in [0, 0.1) is 5.92 Å². The molecule has 21 heteroatoms. The van der Waals surface area contributed by atoms with E-state index in [-0.39, 0.29) is 12.8 Å². The van der Waals surface area contributed by atoms with E-state index in [1.54, 1.807) is 13.8 Å². The van der Waals surface area contributed by atoms with Crippen molar-refractivity contribution in [1.82, 2.24) is 36.6 Å². The first kappa shape index (κ1) is 46.9. The number of aliphatic carboxylic acids is 3. The molecule has 0 fully saturated rings. The first-order chi connectivity index (χ1) is 25.5. The van der Waals surface area contributed by atoms with Gasteiger partial charge in [0.05, 0.1) is 12.4 Å². The first-order valence-corrected chi connectivity index (χ1v) is 17.8. The lowest BCUT2D eigenvalue weighted by molar-refractivity contribution is -0.144. The highest BCUT2D eigenvalue weighted by Gasteiger charge is 2.34. The number of H-pyrrole nitrogens is 1. The van der Waals surface area contributed by atoms with E-state index in [4.69, 9.17) is 22.3 Å². The third-order valence-corrected chi connectivity index (χ3v) is 8.29. The molecule has 0 aliphatic heterocycles. The molecule has 21 nitrogen and oxygen atoms in total. The number of aromatic amines is 1. The maximum absolute atomic E-state index is 13.8. The average Bonchev–Trinajstić information content (AvgIpc) is 3.62. The fourth-order valence-electron chi connectivity index (χ4n) is 5.16. The van der Waals surface area contributed by atoms with Crippen molar-refractivity contribution >= 4 is 47.4 Å². The molecule has 15 N–H and O–H groups in total. The Hall–Kier alpha value is -5.15. The molecule has 5 amide bonds. The monoisotopic (exact) mass is 768 g/mol. The summed E-state index contributed by atoms with van der Waals surface area (Å²) in [6, 6.07) is -7.91. The predicted octanol–water partition coefficient (Wildman–Crippen LogP) is -2.57. The van der Waals surface area contributed by atoms with Gasteiger partial charge in [-0.2, -0.15) is 0 Å². The van der Waals surface area contributed by atoms with Crippen LogP contribution in [0.2, 0.25) is 0 Å². The van der Waals surface area contributed by atoms with Gasteiger partial charge in [-0.15, -0.1) is 0 Å². The van der Waals surface area contributed by atoms with Gasteiger partial charge in [-0.3, -0.25) is 33.6 Å². The van der Waals surface area contributed by atoms with Gasteiger partial charge < -0.3 is 64.1 Å². The quantitative estimate of drug-likeness (QED) is 0.0390. The third-order valence-electron chi connectivity index (χ3n) is 8.29. The summed E-state index contributed by atoms with van der Waals surface area (Å²) in [6.07, 6.45) is 3.15. The van der Waals surface area contributed by atoms with Crippen molar-refractivity contribution in [1.29, 1.82) is 0 Å². The zero-order chi connectivity index (χ0) is 40.8. The fourth-order valence-corrected chi connectivity index (χ4v) is 5.16. The molecule has 0 aliphatic rings. The van der Waals surface area contributed by atoms with Gasteiger partial charge in [0, 0.05) is 31.2 Å². The van der Waals surface area contributed by atoms with Crippen LogP contribution >= 0.6 is 0 Å². The van der Waals surface area contributed by atoms with E-state index in [1.807, 2.05) is 0 Å². The second-order valence-electron chi connectivity index (χ2n) is 13.1. The Kier molecular flexibility index (Phi) is 21.7. The predicted molar refractivity (Wildman–Crippen MR) is 192 cm³/mol. The van der Waals surface area contributed by atoms with Crippen molar-refractivity contribution in [2.45, 2.75) is 121 Å². The number of hydrogen-bond donors (Lipinski definition) is 12. The average molecular weight is 769 g/mol. The molecule has 1 aromatic rings. The molecule has 1 rings (SSSR count). The van der Waals surface area contributed by atoms with E-state index in [2.05, 4.69) is 36.6 Å². The molecule has 0 bridgehead atoms. The molecule has 0 unspecified atom stereocenters. The molecule has 1 aromatic heterocycles. The minimum absolute atomic E-state index is 0.195. The second kappa shape index (κ2) is 25.0. The Morgan fingerprint density at radius 1 is 0.648 bits per heavy atom. The largest absolute Gasteiger partial charge is 0.481 e. The van der Waals surface area contributed by atoms with E-state index >= 15 is 0 Å². The number of imidazole rings is 1. The summed E-state index contributed by atoms with van der Waals surface area (Å²) in [5.74, 6) is -8.85. The molecule has 1 heterocycles. The lowest BCUT2D eigenvalue weighted by Gasteiger charge is -2.28. The summed E-state index contributed by atoms with van der Waals surface area (Å²) in [5.41, 5.74) is 17.5. The molecule has 304 valence electrons. The number of hydrogen-bond acceptors (Lipinski definition) is 12. The van der Waals surface area contributed by atoms with Gasteiger partial charge >= 0.3 is 17.9 Å². The molecule has 0 saturated carbocycles. The van der Waals surface area contributed by atoms with Gasteiger partial charge in [-0.05, 0) is 64.0 Å². The minimum atomic E-state index is -1.66. The van der Waals surface area contributed by atoms with Crippen molar-refractivity contribution in [3.05, 3.63) is 18.2 Å². The molecule has 0 spiro atoms. The van der Waals surface area contributed by atoms with Crippen molar-refractivity contribution in [2.24, 2.45) is 23.1 Å². The number of unbranched alkanes of at least 4 members (excludes halogenated alkanes) is 2. The van der Waals surface area contributed by atoms with Crippen LogP contribution in [-0.2, 0) is 44.8 Å². The van der Waals surface area contributed by atoms with Crippen LogP contribution in [0.3, 0.4) is 0 Å². The van der Waals surface area contributed by atoms with Crippen molar-refractivity contribution < 1.29 is 53.7 Å². The SMILES string of the molecule is CC(C)[C@H](NC(=O)[C@H](CCCCN)NC(=O)[C@@H](N)CCCCN)C(=O)N[C@@H](Cc1cnc[nH]1)C(=O)N[C@@H](CCC(=O)O)C(=O)N[C@@H](CCC(=O)O)C(=O)O. The highest BCUT2D eigenvalue weighted by atomic mass is 16.4. The van der Waals surface area contributed by atoms with Gasteiger partial charge in [-0.1, -0.05) is 20.3 Å². The topological polar surface area (TPSA) is 364 Å². The van der Waals surface area contributed by atoms with Gasteiger partial charge in [0.2, 0.25) is 29.5 Å². The van der Waals surface area contributed by atoms with Crippen LogP contribution < -0.4 is 43.8 Å². The van der Waals surface area contributed by atoms with Gasteiger partial charge in [0.1, 0.15) is 30.2 Å². The number of rotatable bonds is 28. The van der Waals surface area contributed by atoms with Crippen molar-refractivity contribution in [3.8, 4) is 0 Å². The van der Waals surface area contributed by atoms with Crippen LogP contribution in [0.15, 0.2) is 12.5 Å². The number of carboxylic acid groups (broad SMARTS) is 3. The number of carbonyl (C=O) groups excluding carboxylic acids is 5. The molecule has 54 heavy (non-hydrogen) atoms. The van der Waals surface area contributed by atoms with Crippen molar-refractivity contribution in [2.75, 3.05) is 13.1 Å². The summed E-state index contributed by atoms with van der Waals surface area (Å²) in [4.78, 5) is 108. The van der Waals surface area contributed by atoms with Gasteiger partial charge in [-0.25, -0.2) is 9.78 Å². The number of nitrogens with zero attached hydrogens (tertiary/aromatic N) is 1. The van der Waals surface area contributed by atoms with Crippen LogP contribution in [0.1, 0.15) is 83.7 Å². The third kappa shape index (κ3) is 18.1. The highest BCUT2D eigenvalue weighted by Crippen LogP contribution is 2.10. The summed E-state index contributed by atoms with van der Waals surface area (Å²) in [5, 5.41) is 40.1. The lowest BCUT2D eigenvalue weighted by atomic mass is 10.00. The normalized spacial score (nSPS) is 14.4. The molecular weight excluding hydrogens is 712 g/mol. The Morgan fingerprint density at radius 3 is 1.65 bits per heavy atom. The van der Waals surface area contributed by atoms with Crippen molar-refractivity contribution in [3.63, 3.8) is 0 Å². The fraction of sp³-hybridized carbons (Fsp3) is 0.667. The Balaban J connectivity index is 3.29. The number of nitrogens with two attached hydrogens (primary N) is 3. The van der Waals surface area contributed by atoms with E-state index in [0.29, 0.717) is 50.9 Å². The summed E-state index contributed by atoms with van der Waals surface area (Å²) < 4.78 is 0. The zero-order valence-electron chi connectivity index (χ0n) is 30.7. The molecule has 0 radical (unpaired) electrons. The number of carboxylic acids is 3. The van der Waals surface area contributed by atoms with E-state index < -0.39 is 115 Å². The smallest absolute Gasteiger partial charge is 0.326 e. The lowest BCUT2D eigenvalue weighted by Crippen LogP contribution is -2.60. The Labute approximate surface area is 312 Å². The standard InChI is InChI=1S/C33H56N10O11/c1-18(2)27(43-30(50)21(8-4-6-14-35)39-28(48)20(36)7-3-5-13-34)32(52)42-24(15-19-16-37-17-38-19)31(51)40-22(9-11-25(44)45)29(49)41-23(33(53)54)10-12-26(46)47/h16-18,20-24,27H,3-15,34-36H2,1-2H3,(H,37,38)(H,39,48)(H,40,51)(H,41,49)(H,42,52)(H,43,50)(H,44,45)(H,46,47)(H,53,54)/t20-,21-,22-,23-,24-,27-/m0/s1. The number of aromatic nitrogens is 2. The zero-order valence-corrected chi connectivity index (χ0v) is 30.7.